The van der Waals surface area contributed by atoms with Gasteiger partial charge in [-0.3, -0.25) is 4.79 Å². The predicted octanol–water partition coefficient (Wildman–Crippen LogP) is -0.197. The van der Waals surface area contributed by atoms with Crippen molar-refractivity contribution >= 4 is 6.47 Å². The van der Waals surface area contributed by atoms with Gasteiger partial charge in [-0.15, -0.1) is 0 Å². The smallest absolute Gasteiger partial charge is 0.293 e. The Hall–Kier alpha value is -0.690. The zero-order chi connectivity index (χ0) is 11.3. The van der Waals surface area contributed by atoms with E-state index >= 15 is 0 Å². The molecule has 5 atom stereocenters. The summed E-state index contributed by atoms with van der Waals surface area (Å²) in [5.74, 6) is -0.646. The Bertz CT molecular complexity index is 304. The summed E-state index contributed by atoms with van der Waals surface area (Å²) >= 11 is 0. The van der Waals surface area contributed by atoms with E-state index in [0.717, 1.165) is 0 Å². The van der Waals surface area contributed by atoms with E-state index in [0.29, 0.717) is 13.1 Å². The van der Waals surface area contributed by atoms with Crippen molar-refractivity contribution in [3.05, 3.63) is 0 Å². The Morgan fingerprint density at radius 2 is 2.06 bits per heavy atom. The van der Waals surface area contributed by atoms with Gasteiger partial charge < -0.3 is 23.7 Å². The molecule has 3 aliphatic heterocycles. The van der Waals surface area contributed by atoms with Gasteiger partial charge in [0.05, 0.1) is 6.61 Å². The standard InChI is InChI=1S/C10H14O6/c1-10(2)15-8-7-6(14-9(8)16-10)5(3-12-7)13-4-11/h4-9H,3H2,1-2H3/t5-,6-,7+,8-,9-/m1/s1. The van der Waals surface area contributed by atoms with Crippen LogP contribution in [-0.2, 0) is 28.5 Å². The SMILES string of the molecule is CC1(C)O[C@H]2O[C@H]3[C@H](OC[C@H]3OC=O)[C@H]2O1. The number of fused-ring (bicyclic) bond motifs is 3. The van der Waals surface area contributed by atoms with Crippen LogP contribution in [0.25, 0.3) is 0 Å². The fraction of sp³-hybridized carbons (Fsp3) is 0.900. The van der Waals surface area contributed by atoms with Crippen molar-refractivity contribution < 1.29 is 28.5 Å². The minimum absolute atomic E-state index is 0.211. The summed E-state index contributed by atoms with van der Waals surface area (Å²) in [5, 5.41) is 0. The van der Waals surface area contributed by atoms with Gasteiger partial charge in [0.2, 0.25) is 0 Å². The fourth-order valence-corrected chi connectivity index (χ4v) is 2.48. The highest BCUT2D eigenvalue weighted by atomic mass is 16.8. The molecule has 0 amide bonds. The molecule has 90 valence electrons. The zero-order valence-electron chi connectivity index (χ0n) is 9.12. The van der Waals surface area contributed by atoms with Crippen molar-refractivity contribution in [1.29, 1.82) is 0 Å². The molecule has 0 N–H and O–H groups in total. The molecule has 0 aliphatic carbocycles. The van der Waals surface area contributed by atoms with E-state index in [1.807, 2.05) is 13.8 Å². The molecule has 3 rings (SSSR count). The lowest BCUT2D eigenvalue weighted by Gasteiger charge is -2.22. The first-order chi connectivity index (χ1) is 7.61. The fourth-order valence-electron chi connectivity index (χ4n) is 2.48. The molecule has 16 heavy (non-hydrogen) atoms. The van der Waals surface area contributed by atoms with Crippen LogP contribution in [0.15, 0.2) is 0 Å². The Morgan fingerprint density at radius 1 is 1.25 bits per heavy atom. The van der Waals surface area contributed by atoms with Crippen LogP contribution in [0.4, 0.5) is 0 Å². The molecule has 0 spiro atoms. The van der Waals surface area contributed by atoms with E-state index in [4.69, 9.17) is 23.7 Å². The third-order valence-electron chi connectivity index (χ3n) is 3.08. The largest absolute Gasteiger partial charge is 0.459 e. The van der Waals surface area contributed by atoms with Crippen LogP contribution in [0.3, 0.4) is 0 Å². The zero-order valence-corrected chi connectivity index (χ0v) is 9.12. The average Bonchev–Trinajstić information content (AvgIpc) is 2.77. The van der Waals surface area contributed by atoms with Crippen LogP contribution in [0.1, 0.15) is 13.8 Å². The summed E-state index contributed by atoms with van der Waals surface area (Å²) in [7, 11) is 0. The summed E-state index contributed by atoms with van der Waals surface area (Å²) < 4.78 is 27.3. The maximum absolute atomic E-state index is 10.3. The van der Waals surface area contributed by atoms with Gasteiger partial charge in [-0.1, -0.05) is 0 Å². The lowest BCUT2D eigenvalue weighted by atomic mass is 10.1. The molecule has 3 aliphatic rings. The Labute approximate surface area is 92.7 Å². The second kappa shape index (κ2) is 3.40. The van der Waals surface area contributed by atoms with E-state index in [9.17, 15) is 4.79 Å². The molecule has 0 aromatic rings. The van der Waals surface area contributed by atoms with Gasteiger partial charge in [0.15, 0.2) is 18.2 Å². The van der Waals surface area contributed by atoms with Crippen LogP contribution < -0.4 is 0 Å². The second-order valence-electron chi connectivity index (χ2n) is 4.64. The number of hydrogen-bond acceptors (Lipinski definition) is 6. The van der Waals surface area contributed by atoms with Gasteiger partial charge in [0.1, 0.15) is 18.3 Å². The van der Waals surface area contributed by atoms with Crippen molar-refractivity contribution in [2.45, 2.75) is 50.3 Å². The monoisotopic (exact) mass is 230 g/mol. The van der Waals surface area contributed by atoms with E-state index in [1.165, 1.54) is 0 Å². The third-order valence-corrected chi connectivity index (χ3v) is 3.08. The Morgan fingerprint density at radius 3 is 2.81 bits per heavy atom. The maximum Gasteiger partial charge on any atom is 0.293 e. The normalized spacial score (nSPS) is 48.8. The van der Waals surface area contributed by atoms with E-state index in [1.54, 1.807) is 0 Å². The number of hydrogen-bond donors (Lipinski definition) is 0. The van der Waals surface area contributed by atoms with Crippen molar-refractivity contribution in [2.24, 2.45) is 0 Å². The van der Waals surface area contributed by atoms with Crippen LogP contribution in [0, 0.1) is 0 Å². The lowest BCUT2D eigenvalue weighted by molar-refractivity contribution is -0.215. The average molecular weight is 230 g/mol. The molecule has 0 saturated carbocycles. The summed E-state index contributed by atoms with van der Waals surface area (Å²) in [4.78, 5) is 10.3. The summed E-state index contributed by atoms with van der Waals surface area (Å²) in [6.07, 6.45) is -1.51. The second-order valence-corrected chi connectivity index (χ2v) is 4.64. The van der Waals surface area contributed by atoms with Crippen LogP contribution in [-0.4, -0.2) is 49.6 Å². The molecule has 0 bridgehead atoms. The first-order valence-electron chi connectivity index (χ1n) is 5.32. The molecular formula is C10H14O6. The van der Waals surface area contributed by atoms with Gasteiger partial charge in [0, 0.05) is 0 Å². The van der Waals surface area contributed by atoms with Crippen molar-refractivity contribution in [2.75, 3.05) is 6.61 Å². The lowest BCUT2D eigenvalue weighted by Crippen LogP contribution is -2.36. The quantitative estimate of drug-likeness (QED) is 0.612. The topological polar surface area (TPSA) is 63.2 Å². The molecule has 3 saturated heterocycles. The summed E-state index contributed by atoms with van der Waals surface area (Å²) in [6, 6.07) is 0. The minimum atomic E-state index is -0.646. The summed E-state index contributed by atoms with van der Waals surface area (Å²) in [6.45, 7) is 4.43. The molecule has 0 aromatic carbocycles. The number of rotatable bonds is 2. The third kappa shape index (κ3) is 1.45. The molecule has 3 fully saturated rings. The van der Waals surface area contributed by atoms with Crippen LogP contribution in [0.2, 0.25) is 0 Å². The number of carbonyl (C=O) groups is 1. The molecule has 0 aromatic heterocycles. The maximum atomic E-state index is 10.3. The highest BCUT2D eigenvalue weighted by Gasteiger charge is 2.60. The Kier molecular flexibility index (Phi) is 2.22. The number of carbonyl (C=O) groups excluding carboxylic acids is 1. The summed E-state index contributed by atoms with van der Waals surface area (Å²) in [5.41, 5.74) is 0. The first-order valence-corrected chi connectivity index (χ1v) is 5.32. The molecule has 6 heteroatoms. The first kappa shape index (κ1) is 10.5. The molecule has 0 radical (unpaired) electrons. The Balaban J connectivity index is 1.73. The van der Waals surface area contributed by atoms with E-state index in [-0.39, 0.29) is 24.4 Å². The molecule has 3 heterocycles. The molecular weight excluding hydrogens is 216 g/mol. The van der Waals surface area contributed by atoms with Gasteiger partial charge >= 0.3 is 0 Å². The molecule has 6 nitrogen and oxygen atoms in total. The minimum Gasteiger partial charge on any atom is -0.459 e. The van der Waals surface area contributed by atoms with E-state index in [2.05, 4.69) is 0 Å². The highest BCUT2D eigenvalue weighted by Crippen LogP contribution is 2.42. The van der Waals surface area contributed by atoms with Gasteiger partial charge in [-0.2, -0.15) is 0 Å². The number of ether oxygens (including phenoxy) is 5. The van der Waals surface area contributed by atoms with Gasteiger partial charge in [0.25, 0.3) is 6.47 Å². The van der Waals surface area contributed by atoms with E-state index < -0.39 is 12.1 Å². The predicted molar refractivity (Wildman–Crippen MR) is 49.4 cm³/mol. The van der Waals surface area contributed by atoms with Crippen molar-refractivity contribution in [3.8, 4) is 0 Å². The van der Waals surface area contributed by atoms with Gasteiger partial charge in [-0.25, -0.2) is 0 Å². The van der Waals surface area contributed by atoms with Crippen LogP contribution >= 0.6 is 0 Å². The van der Waals surface area contributed by atoms with Crippen molar-refractivity contribution in [1.82, 2.24) is 0 Å². The van der Waals surface area contributed by atoms with Crippen molar-refractivity contribution in [3.63, 3.8) is 0 Å². The molecule has 0 unspecified atom stereocenters. The van der Waals surface area contributed by atoms with Crippen LogP contribution in [0.5, 0.6) is 0 Å². The highest BCUT2D eigenvalue weighted by molar-refractivity contribution is 5.38. The van der Waals surface area contributed by atoms with Gasteiger partial charge in [-0.05, 0) is 13.8 Å².